The molecule has 17 heavy (non-hydrogen) atoms. The lowest BCUT2D eigenvalue weighted by atomic mass is 10.1. The van der Waals surface area contributed by atoms with Crippen molar-refractivity contribution in [2.75, 3.05) is 12.4 Å². The van der Waals surface area contributed by atoms with Gasteiger partial charge in [0.2, 0.25) is 0 Å². The largest absolute Gasteiger partial charge is 0.396 e. The topological polar surface area (TPSA) is 37.3 Å². The zero-order valence-corrected chi connectivity index (χ0v) is 11.6. The van der Waals surface area contributed by atoms with Gasteiger partial charge in [-0.1, -0.05) is 18.5 Å². The number of carbonyl (C=O) groups is 1. The number of halogens is 1. The van der Waals surface area contributed by atoms with Crippen LogP contribution in [-0.2, 0) is 0 Å². The van der Waals surface area contributed by atoms with Crippen molar-refractivity contribution < 1.29 is 9.90 Å². The van der Waals surface area contributed by atoms with E-state index in [1.54, 1.807) is 36.0 Å². The number of rotatable bonds is 6. The van der Waals surface area contributed by atoms with Crippen molar-refractivity contribution in [1.82, 2.24) is 0 Å². The second-order valence-electron chi connectivity index (χ2n) is 4.13. The monoisotopic (exact) mass is 272 g/mol. The van der Waals surface area contributed by atoms with E-state index in [1.165, 1.54) is 0 Å². The molecule has 2 atom stereocenters. The zero-order chi connectivity index (χ0) is 12.8. The summed E-state index contributed by atoms with van der Waals surface area (Å²) in [6.45, 7) is 4.02. The van der Waals surface area contributed by atoms with Crippen LogP contribution in [0.4, 0.5) is 0 Å². The first-order valence-corrected chi connectivity index (χ1v) is 6.99. The molecule has 4 heteroatoms. The molecule has 0 aliphatic carbocycles. The summed E-state index contributed by atoms with van der Waals surface area (Å²) in [7, 11) is 0. The van der Waals surface area contributed by atoms with Gasteiger partial charge >= 0.3 is 0 Å². The SMILES string of the molecule is CC(CO)CSC(C)C(=O)c1ccc(Cl)cc1. The molecule has 0 saturated heterocycles. The average Bonchev–Trinajstić information content (AvgIpc) is 2.35. The van der Waals surface area contributed by atoms with Gasteiger partial charge in [-0.15, -0.1) is 0 Å². The Balaban J connectivity index is 2.54. The third-order valence-electron chi connectivity index (χ3n) is 2.44. The first kappa shape index (κ1) is 14.6. The number of carbonyl (C=O) groups excluding carboxylic acids is 1. The minimum atomic E-state index is -0.0924. The summed E-state index contributed by atoms with van der Waals surface area (Å²) < 4.78 is 0. The highest BCUT2D eigenvalue weighted by atomic mass is 35.5. The smallest absolute Gasteiger partial charge is 0.175 e. The van der Waals surface area contributed by atoms with Gasteiger partial charge in [-0.3, -0.25) is 4.79 Å². The third-order valence-corrected chi connectivity index (χ3v) is 4.17. The number of aliphatic hydroxyl groups excluding tert-OH is 1. The van der Waals surface area contributed by atoms with E-state index in [1.807, 2.05) is 13.8 Å². The summed E-state index contributed by atoms with van der Waals surface area (Å²) in [5.74, 6) is 1.12. The molecule has 0 aliphatic rings. The summed E-state index contributed by atoms with van der Waals surface area (Å²) in [5.41, 5.74) is 0.686. The average molecular weight is 273 g/mol. The number of ketones is 1. The Kier molecular flexibility index (Phi) is 6.03. The van der Waals surface area contributed by atoms with Crippen molar-refractivity contribution in [3.05, 3.63) is 34.9 Å². The Morgan fingerprint density at radius 1 is 1.35 bits per heavy atom. The fourth-order valence-electron chi connectivity index (χ4n) is 1.29. The Hall–Kier alpha value is -0.510. The molecule has 0 aromatic heterocycles. The normalized spacial score (nSPS) is 14.4. The van der Waals surface area contributed by atoms with Crippen LogP contribution in [0.15, 0.2) is 24.3 Å². The third kappa shape index (κ3) is 4.70. The van der Waals surface area contributed by atoms with E-state index in [2.05, 4.69) is 0 Å². The van der Waals surface area contributed by atoms with Crippen molar-refractivity contribution >= 4 is 29.1 Å². The predicted molar refractivity (Wildman–Crippen MR) is 74.0 cm³/mol. The van der Waals surface area contributed by atoms with E-state index < -0.39 is 0 Å². The molecule has 0 radical (unpaired) electrons. The van der Waals surface area contributed by atoms with Gasteiger partial charge in [0.25, 0.3) is 0 Å². The number of hydrogen-bond acceptors (Lipinski definition) is 3. The van der Waals surface area contributed by atoms with Crippen molar-refractivity contribution in [2.45, 2.75) is 19.1 Å². The van der Waals surface area contributed by atoms with E-state index in [0.29, 0.717) is 10.6 Å². The molecule has 0 spiro atoms. The van der Waals surface area contributed by atoms with Crippen LogP contribution in [0.25, 0.3) is 0 Å². The number of hydrogen-bond donors (Lipinski definition) is 1. The molecule has 1 rings (SSSR count). The minimum absolute atomic E-state index is 0.0924. The standard InChI is InChI=1S/C13H17ClO2S/c1-9(7-15)8-17-10(2)13(16)11-3-5-12(14)6-4-11/h3-6,9-10,15H,7-8H2,1-2H3. The zero-order valence-electron chi connectivity index (χ0n) is 10.0. The van der Waals surface area contributed by atoms with Crippen LogP contribution in [0.3, 0.4) is 0 Å². The van der Waals surface area contributed by atoms with Gasteiger partial charge in [-0.25, -0.2) is 0 Å². The molecule has 2 unspecified atom stereocenters. The number of Topliss-reactive ketones (excluding diaryl/α,β-unsaturated/α-hetero) is 1. The fourth-order valence-corrected chi connectivity index (χ4v) is 2.42. The Morgan fingerprint density at radius 3 is 2.47 bits per heavy atom. The summed E-state index contributed by atoms with van der Waals surface area (Å²) in [5, 5.41) is 9.46. The van der Waals surface area contributed by atoms with Gasteiger partial charge < -0.3 is 5.11 Å². The number of thioether (sulfide) groups is 1. The maximum atomic E-state index is 12.0. The molecule has 0 amide bonds. The summed E-state index contributed by atoms with van der Waals surface area (Å²) in [4.78, 5) is 12.0. The molecule has 2 nitrogen and oxygen atoms in total. The number of aliphatic hydroxyl groups is 1. The van der Waals surface area contributed by atoms with Crippen molar-refractivity contribution in [3.8, 4) is 0 Å². The Labute approximate surface area is 111 Å². The van der Waals surface area contributed by atoms with E-state index in [4.69, 9.17) is 16.7 Å². The van der Waals surface area contributed by atoms with Crippen LogP contribution in [-0.4, -0.2) is 28.5 Å². The molecule has 0 fully saturated rings. The molecule has 1 N–H and O–H groups in total. The van der Waals surface area contributed by atoms with Crippen molar-refractivity contribution in [3.63, 3.8) is 0 Å². The van der Waals surface area contributed by atoms with Crippen LogP contribution in [0.5, 0.6) is 0 Å². The van der Waals surface area contributed by atoms with Crippen LogP contribution in [0, 0.1) is 5.92 Å². The molecule has 1 aromatic rings. The van der Waals surface area contributed by atoms with E-state index in [9.17, 15) is 4.79 Å². The maximum Gasteiger partial charge on any atom is 0.175 e. The van der Waals surface area contributed by atoms with Gasteiger partial charge in [0.1, 0.15) is 0 Å². The maximum absolute atomic E-state index is 12.0. The van der Waals surface area contributed by atoms with Gasteiger partial charge in [-0.05, 0) is 42.9 Å². The van der Waals surface area contributed by atoms with Gasteiger partial charge in [0.05, 0.1) is 5.25 Å². The summed E-state index contributed by atoms with van der Waals surface area (Å²) in [6, 6.07) is 6.94. The first-order chi connectivity index (χ1) is 8.04. The second kappa shape index (κ2) is 7.04. The van der Waals surface area contributed by atoms with Crippen LogP contribution >= 0.6 is 23.4 Å². The van der Waals surface area contributed by atoms with Crippen LogP contribution < -0.4 is 0 Å². The molecular weight excluding hydrogens is 256 g/mol. The van der Waals surface area contributed by atoms with Crippen LogP contribution in [0.1, 0.15) is 24.2 Å². The van der Waals surface area contributed by atoms with Crippen molar-refractivity contribution in [2.24, 2.45) is 5.92 Å². The van der Waals surface area contributed by atoms with Crippen molar-refractivity contribution in [1.29, 1.82) is 0 Å². The van der Waals surface area contributed by atoms with Gasteiger partial charge in [0, 0.05) is 17.2 Å². The van der Waals surface area contributed by atoms with E-state index in [-0.39, 0.29) is 23.6 Å². The molecular formula is C13H17ClO2S. The number of benzene rings is 1. The molecule has 0 bridgehead atoms. The second-order valence-corrected chi connectivity index (χ2v) is 5.94. The van der Waals surface area contributed by atoms with E-state index >= 15 is 0 Å². The lowest BCUT2D eigenvalue weighted by Crippen LogP contribution is -2.16. The molecule has 0 heterocycles. The van der Waals surface area contributed by atoms with Gasteiger partial charge in [0.15, 0.2) is 5.78 Å². The van der Waals surface area contributed by atoms with E-state index in [0.717, 1.165) is 5.75 Å². The fraction of sp³-hybridized carbons (Fsp3) is 0.462. The molecule has 0 saturated carbocycles. The molecule has 94 valence electrons. The minimum Gasteiger partial charge on any atom is -0.396 e. The first-order valence-electron chi connectivity index (χ1n) is 5.56. The Morgan fingerprint density at radius 2 is 1.94 bits per heavy atom. The quantitative estimate of drug-likeness (QED) is 0.808. The van der Waals surface area contributed by atoms with Crippen LogP contribution in [0.2, 0.25) is 5.02 Å². The highest BCUT2D eigenvalue weighted by Crippen LogP contribution is 2.20. The van der Waals surface area contributed by atoms with Gasteiger partial charge in [-0.2, -0.15) is 11.8 Å². The summed E-state index contributed by atoms with van der Waals surface area (Å²) in [6.07, 6.45) is 0. The highest BCUT2D eigenvalue weighted by Gasteiger charge is 2.16. The lowest BCUT2D eigenvalue weighted by Gasteiger charge is -2.13. The molecule has 0 aliphatic heterocycles. The lowest BCUT2D eigenvalue weighted by molar-refractivity contribution is 0.0994. The predicted octanol–water partition coefficient (Wildman–Crippen LogP) is 3.27. The molecule has 1 aromatic carbocycles. The Bertz CT molecular complexity index is 364. The summed E-state index contributed by atoms with van der Waals surface area (Å²) >= 11 is 7.35. The highest BCUT2D eigenvalue weighted by molar-refractivity contribution is 8.00.